The summed E-state index contributed by atoms with van der Waals surface area (Å²) >= 11 is 0. The van der Waals surface area contributed by atoms with Gasteiger partial charge >= 0.3 is 0 Å². The number of ether oxygens (including phenoxy) is 1. The molecular formula is C16H26N2O. The highest BCUT2D eigenvalue weighted by molar-refractivity contribution is 5.41. The zero-order valence-electron chi connectivity index (χ0n) is 12.7. The molecule has 0 spiro atoms. The van der Waals surface area contributed by atoms with Gasteiger partial charge in [-0.05, 0) is 50.0 Å². The Kier molecular flexibility index (Phi) is 3.88. The molecule has 1 fully saturated rings. The Morgan fingerprint density at radius 1 is 1.26 bits per heavy atom. The Balaban J connectivity index is 2.41. The summed E-state index contributed by atoms with van der Waals surface area (Å²) < 4.78 is 5.46. The zero-order chi connectivity index (χ0) is 14.2. The third-order valence-corrected chi connectivity index (χ3v) is 4.08. The number of likely N-dealkylation sites (N-methyl/N-ethyl adjacent to an activating group) is 1. The fourth-order valence-corrected chi connectivity index (χ4v) is 2.94. The highest BCUT2D eigenvalue weighted by atomic mass is 16.5. The summed E-state index contributed by atoms with van der Waals surface area (Å²) in [5.41, 5.74) is 8.96. The third kappa shape index (κ3) is 2.77. The van der Waals surface area contributed by atoms with Crippen LogP contribution >= 0.6 is 0 Å². The number of nitrogens with two attached hydrogens (primary N) is 1. The Morgan fingerprint density at radius 3 is 2.32 bits per heavy atom. The lowest BCUT2D eigenvalue weighted by atomic mass is 9.92. The number of hydrogen-bond donors (Lipinski definition) is 1. The van der Waals surface area contributed by atoms with E-state index in [1.165, 1.54) is 11.1 Å². The van der Waals surface area contributed by atoms with E-state index in [-0.39, 0.29) is 11.6 Å². The Morgan fingerprint density at radius 2 is 1.89 bits per heavy atom. The fraction of sp³-hybridized carbons (Fsp3) is 0.625. The van der Waals surface area contributed by atoms with Gasteiger partial charge in [0.1, 0.15) is 5.75 Å². The molecule has 106 valence electrons. The van der Waals surface area contributed by atoms with Crippen LogP contribution < -0.4 is 10.5 Å². The molecule has 0 radical (unpaired) electrons. The molecule has 0 heterocycles. The van der Waals surface area contributed by atoms with E-state index in [1.807, 2.05) is 0 Å². The molecule has 2 rings (SSSR count). The Bertz CT molecular complexity index is 450. The van der Waals surface area contributed by atoms with Crippen molar-refractivity contribution in [3.05, 3.63) is 29.3 Å². The van der Waals surface area contributed by atoms with Gasteiger partial charge in [-0.25, -0.2) is 0 Å². The molecule has 3 heteroatoms. The quantitative estimate of drug-likeness (QED) is 0.886. The van der Waals surface area contributed by atoms with Gasteiger partial charge in [-0.2, -0.15) is 0 Å². The summed E-state index contributed by atoms with van der Waals surface area (Å²) in [4.78, 5) is 2.24. The van der Waals surface area contributed by atoms with Crippen molar-refractivity contribution in [2.24, 2.45) is 5.73 Å². The molecule has 1 aliphatic carbocycles. The number of rotatable bonds is 5. The van der Waals surface area contributed by atoms with Gasteiger partial charge in [-0.1, -0.05) is 26.0 Å². The van der Waals surface area contributed by atoms with Crippen LogP contribution in [0.3, 0.4) is 0 Å². The van der Waals surface area contributed by atoms with Crippen molar-refractivity contribution in [1.29, 1.82) is 0 Å². The molecule has 1 atom stereocenters. The second-order valence-corrected chi connectivity index (χ2v) is 6.26. The number of nitrogens with zero attached hydrogens (tertiary/aromatic N) is 1. The molecule has 1 aliphatic rings. The first-order chi connectivity index (χ1) is 8.89. The SMILES string of the molecule is COc1ccc(C(N(C)C)C2(N)CC2)cc1C(C)C. The molecule has 0 aromatic heterocycles. The lowest BCUT2D eigenvalue weighted by Gasteiger charge is -2.31. The van der Waals surface area contributed by atoms with Gasteiger partial charge in [0.2, 0.25) is 0 Å². The average Bonchev–Trinajstić information content (AvgIpc) is 3.07. The molecular weight excluding hydrogens is 236 g/mol. The van der Waals surface area contributed by atoms with Gasteiger partial charge in [0.25, 0.3) is 0 Å². The predicted octanol–water partition coefficient (Wildman–Crippen LogP) is 2.91. The smallest absolute Gasteiger partial charge is 0.122 e. The largest absolute Gasteiger partial charge is 0.496 e. The topological polar surface area (TPSA) is 38.5 Å². The second-order valence-electron chi connectivity index (χ2n) is 6.26. The molecule has 2 N–H and O–H groups in total. The van der Waals surface area contributed by atoms with Crippen molar-refractivity contribution in [2.45, 2.75) is 44.2 Å². The Hall–Kier alpha value is -1.06. The summed E-state index contributed by atoms with van der Waals surface area (Å²) in [5.74, 6) is 1.42. The van der Waals surface area contributed by atoms with E-state index in [9.17, 15) is 0 Å². The van der Waals surface area contributed by atoms with Crippen molar-refractivity contribution < 1.29 is 4.74 Å². The van der Waals surface area contributed by atoms with Crippen LogP contribution in [0.25, 0.3) is 0 Å². The summed E-state index contributed by atoms with van der Waals surface area (Å²) in [7, 11) is 5.95. The minimum absolute atomic E-state index is 0.0493. The van der Waals surface area contributed by atoms with Crippen LogP contribution in [-0.2, 0) is 0 Å². The van der Waals surface area contributed by atoms with Crippen molar-refractivity contribution in [2.75, 3.05) is 21.2 Å². The van der Waals surface area contributed by atoms with Crippen LogP contribution in [0.5, 0.6) is 5.75 Å². The molecule has 0 amide bonds. The van der Waals surface area contributed by atoms with Crippen molar-refractivity contribution >= 4 is 0 Å². The third-order valence-electron chi connectivity index (χ3n) is 4.08. The lowest BCUT2D eigenvalue weighted by Crippen LogP contribution is -2.39. The normalized spacial score (nSPS) is 18.7. The van der Waals surface area contributed by atoms with E-state index in [2.05, 4.69) is 51.0 Å². The van der Waals surface area contributed by atoms with E-state index < -0.39 is 0 Å². The monoisotopic (exact) mass is 262 g/mol. The van der Waals surface area contributed by atoms with Gasteiger partial charge in [0, 0.05) is 5.54 Å². The summed E-state index contributed by atoms with van der Waals surface area (Å²) in [6, 6.07) is 6.78. The van der Waals surface area contributed by atoms with Crippen LogP contribution in [0.2, 0.25) is 0 Å². The highest BCUT2D eigenvalue weighted by Crippen LogP contribution is 2.46. The van der Waals surface area contributed by atoms with Gasteiger partial charge in [0.15, 0.2) is 0 Å². The maximum atomic E-state index is 6.45. The maximum absolute atomic E-state index is 6.45. The second kappa shape index (κ2) is 5.14. The standard InChI is InChI=1S/C16H26N2O/c1-11(2)13-10-12(6-7-14(13)19-5)15(18(3)4)16(17)8-9-16/h6-7,10-11,15H,8-9,17H2,1-5H3. The minimum atomic E-state index is -0.0493. The number of hydrogen-bond acceptors (Lipinski definition) is 3. The molecule has 1 unspecified atom stereocenters. The van der Waals surface area contributed by atoms with E-state index in [4.69, 9.17) is 10.5 Å². The van der Waals surface area contributed by atoms with Gasteiger partial charge in [-0.15, -0.1) is 0 Å². The molecule has 0 saturated heterocycles. The fourth-order valence-electron chi connectivity index (χ4n) is 2.94. The highest BCUT2D eigenvalue weighted by Gasteiger charge is 2.47. The predicted molar refractivity (Wildman–Crippen MR) is 79.7 cm³/mol. The van der Waals surface area contributed by atoms with Crippen molar-refractivity contribution in [3.8, 4) is 5.75 Å². The molecule has 1 saturated carbocycles. The molecule has 1 aromatic rings. The van der Waals surface area contributed by atoms with E-state index in [0.717, 1.165) is 18.6 Å². The maximum Gasteiger partial charge on any atom is 0.122 e. The van der Waals surface area contributed by atoms with Crippen LogP contribution in [0.1, 0.15) is 49.8 Å². The Labute approximate surface area is 116 Å². The molecule has 3 nitrogen and oxygen atoms in total. The summed E-state index contributed by atoms with van der Waals surface area (Å²) in [5, 5.41) is 0. The number of benzene rings is 1. The van der Waals surface area contributed by atoms with Crippen molar-refractivity contribution in [1.82, 2.24) is 4.90 Å². The van der Waals surface area contributed by atoms with Crippen LogP contribution in [0, 0.1) is 0 Å². The van der Waals surface area contributed by atoms with Gasteiger partial charge in [0.05, 0.1) is 13.2 Å². The minimum Gasteiger partial charge on any atom is -0.496 e. The molecule has 0 bridgehead atoms. The van der Waals surface area contributed by atoms with E-state index >= 15 is 0 Å². The van der Waals surface area contributed by atoms with E-state index in [0.29, 0.717) is 5.92 Å². The van der Waals surface area contributed by atoms with Gasteiger partial charge < -0.3 is 15.4 Å². The first kappa shape index (κ1) is 14.4. The molecule has 0 aliphatic heterocycles. The first-order valence-electron chi connectivity index (χ1n) is 7.02. The van der Waals surface area contributed by atoms with Gasteiger partial charge in [-0.3, -0.25) is 0 Å². The van der Waals surface area contributed by atoms with E-state index in [1.54, 1.807) is 7.11 Å². The number of methoxy groups -OCH3 is 1. The average molecular weight is 262 g/mol. The summed E-state index contributed by atoms with van der Waals surface area (Å²) in [6.07, 6.45) is 2.22. The van der Waals surface area contributed by atoms with Crippen LogP contribution in [0.15, 0.2) is 18.2 Å². The summed E-state index contributed by atoms with van der Waals surface area (Å²) in [6.45, 7) is 4.39. The first-order valence-corrected chi connectivity index (χ1v) is 7.02. The lowest BCUT2D eigenvalue weighted by molar-refractivity contribution is 0.245. The van der Waals surface area contributed by atoms with Crippen LogP contribution in [-0.4, -0.2) is 31.6 Å². The van der Waals surface area contributed by atoms with Crippen molar-refractivity contribution in [3.63, 3.8) is 0 Å². The molecule has 1 aromatic carbocycles. The molecule has 19 heavy (non-hydrogen) atoms. The zero-order valence-corrected chi connectivity index (χ0v) is 12.7. The van der Waals surface area contributed by atoms with Crippen LogP contribution in [0.4, 0.5) is 0 Å².